The minimum atomic E-state index is -0.439. The number of H-pyrrole nitrogens is 1. The molecule has 7 nitrogen and oxygen atoms in total. The molecular weight excluding hydrogens is 412 g/mol. The van der Waals surface area contributed by atoms with E-state index in [2.05, 4.69) is 36.7 Å². The van der Waals surface area contributed by atoms with Gasteiger partial charge in [-0.1, -0.05) is 15.9 Å². The Bertz CT molecular complexity index is 967. The fourth-order valence-corrected chi connectivity index (χ4v) is 2.70. The van der Waals surface area contributed by atoms with Crippen molar-refractivity contribution in [2.24, 2.45) is 5.10 Å². The Morgan fingerprint density at radius 3 is 2.81 bits per heavy atom. The lowest BCUT2D eigenvalue weighted by Crippen LogP contribution is -2.18. The number of carbonyl (C=O) groups excluding carboxylic acids is 1. The van der Waals surface area contributed by atoms with Crippen LogP contribution in [0.3, 0.4) is 0 Å². The molecule has 3 aromatic rings. The van der Waals surface area contributed by atoms with Crippen LogP contribution in [0.5, 0.6) is 11.5 Å². The summed E-state index contributed by atoms with van der Waals surface area (Å²) in [4.78, 5) is 12.2. The van der Waals surface area contributed by atoms with Crippen molar-refractivity contribution in [3.8, 4) is 22.8 Å². The summed E-state index contributed by atoms with van der Waals surface area (Å²) >= 11 is 3.31. The van der Waals surface area contributed by atoms with Gasteiger partial charge < -0.3 is 9.84 Å². The molecule has 1 heterocycles. The van der Waals surface area contributed by atoms with E-state index in [0.717, 1.165) is 15.8 Å². The molecule has 3 N–H and O–H groups in total. The minimum Gasteiger partial charge on any atom is -0.507 e. The average molecular weight is 429 g/mol. The van der Waals surface area contributed by atoms with Crippen LogP contribution in [0.1, 0.15) is 23.0 Å². The van der Waals surface area contributed by atoms with Crippen molar-refractivity contribution in [3.05, 3.63) is 64.3 Å². The molecule has 0 fully saturated rings. The number of carbonyl (C=O) groups is 1. The molecule has 1 aromatic heterocycles. The quantitative estimate of drug-likeness (QED) is 0.411. The van der Waals surface area contributed by atoms with E-state index in [1.165, 1.54) is 12.3 Å². The van der Waals surface area contributed by atoms with Crippen LogP contribution in [0.4, 0.5) is 0 Å². The Morgan fingerprint density at radius 1 is 1.30 bits per heavy atom. The van der Waals surface area contributed by atoms with Crippen molar-refractivity contribution < 1.29 is 14.6 Å². The molecule has 0 aliphatic heterocycles. The average Bonchev–Trinajstić information content (AvgIpc) is 3.16. The van der Waals surface area contributed by atoms with Gasteiger partial charge in [0.05, 0.1) is 18.5 Å². The molecule has 2 aromatic carbocycles. The van der Waals surface area contributed by atoms with E-state index in [9.17, 15) is 9.90 Å². The number of aromatic hydroxyl groups is 1. The van der Waals surface area contributed by atoms with Crippen LogP contribution in [0.15, 0.2) is 58.1 Å². The van der Waals surface area contributed by atoms with E-state index >= 15 is 0 Å². The maximum absolute atomic E-state index is 12.2. The fraction of sp³-hybridized carbons (Fsp3) is 0.105. The normalized spacial score (nSPS) is 10.9. The first-order valence-electron chi connectivity index (χ1n) is 8.17. The van der Waals surface area contributed by atoms with Crippen LogP contribution in [-0.4, -0.2) is 34.0 Å². The molecule has 0 spiro atoms. The number of ether oxygens (including phenoxy) is 1. The van der Waals surface area contributed by atoms with Crippen LogP contribution in [0.2, 0.25) is 0 Å². The first-order chi connectivity index (χ1) is 13.1. The molecule has 3 rings (SSSR count). The van der Waals surface area contributed by atoms with Crippen molar-refractivity contribution in [3.63, 3.8) is 0 Å². The highest BCUT2D eigenvalue weighted by Gasteiger charge is 2.10. The van der Waals surface area contributed by atoms with Crippen LogP contribution in [-0.2, 0) is 0 Å². The molecule has 0 aliphatic rings. The van der Waals surface area contributed by atoms with Gasteiger partial charge in [0, 0.05) is 15.6 Å². The number of amides is 1. The third-order valence-corrected chi connectivity index (χ3v) is 4.14. The number of hydrazone groups is 1. The number of benzene rings is 2. The zero-order chi connectivity index (χ0) is 19.2. The number of rotatable bonds is 6. The summed E-state index contributed by atoms with van der Waals surface area (Å²) in [7, 11) is 0. The molecule has 8 heteroatoms. The number of hydrogen-bond donors (Lipinski definition) is 3. The summed E-state index contributed by atoms with van der Waals surface area (Å²) in [6.07, 6.45) is 1.36. The predicted octanol–water partition coefficient (Wildman–Crippen LogP) is 3.71. The molecule has 0 bridgehead atoms. The van der Waals surface area contributed by atoms with Crippen molar-refractivity contribution in [2.45, 2.75) is 6.92 Å². The van der Waals surface area contributed by atoms with Gasteiger partial charge in [-0.3, -0.25) is 9.89 Å². The van der Waals surface area contributed by atoms with Gasteiger partial charge in [-0.2, -0.15) is 10.2 Å². The monoisotopic (exact) mass is 428 g/mol. The van der Waals surface area contributed by atoms with Gasteiger partial charge >= 0.3 is 0 Å². The topological polar surface area (TPSA) is 99.6 Å². The standard InChI is InChI=1S/C19H17BrN4O3/c1-2-27-15-6-3-12(4-7-15)16-10-17(23-22-16)19(26)24-21-11-13-9-14(20)5-8-18(13)25/h3-11,25H,2H2,1H3,(H,22,23)(H,24,26)/b21-11+. The third kappa shape index (κ3) is 4.73. The second-order valence-electron chi connectivity index (χ2n) is 5.53. The van der Waals surface area contributed by atoms with Crippen LogP contribution < -0.4 is 10.2 Å². The SMILES string of the molecule is CCOc1ccc(-c2cc(C(=O)N/N=C/c3cc(Br)ccc3O)[nH]n2)cc1. The number of aromatic amines is 1. The molecular formula is C19H17BrN4O3. The zero-order valence-corrected chi connectivity index (χ0v) is 16.0. The number of hydrogen-bond acceptors (Lipinski definition) is 5. The Kier molecular flexibility index (Phi) is 5.87. The molecule has 0 atom stereocenters. The maximum Gasteiger partial charge on any atom is 0.289 e. The number of phenolic OH excluding ortho intramolecular Hbond substituents is 1. The second kappa shape index (κ2) is 8.50. The largest absolute Gasteiger partial charge is 0.507 e. The van der Waals surface area contributed by atoms with Gasteiger partial charge in [0.1, 0.15) is 17.2 Å². The van der Waals surface area contributed by atoms with E-state index in [0.29, 0.717) is 17.9 Å². The summed E-state index contributed by atoms with van der Waals surface area (Å²) in [5, 5.41) is 20.5. The van der Waals surface area contributed by atoms with Crippen molar-refractivity contribution in [1.29, 1.82) is 0 Å². The molecule has 0 unspecified atom stereocenters. The summed E-state index contributed by atoms with van der Waals surface area (Å²) < 4.78 is 6.20. The Labute approximate surface area is 164 Å². The van der Waals surface area contributed by atoms with Gasteiger partial charge in [-0.25, -0.2) is 5.43 Å². The summed E-state index contributed by atoms with van der Waals surface area (Å²) in [5.41, 5.74) is 4.64. The molecule has 27 heavy (non-hydrogen) atoms. The summed E-state index contributed by atoms with van der Waals surface area (Å²) in [6.45, 7) is 2.53. The molecule has 138 valence electrons. The molecule has 0 saturated heterocycles. The first kappa shape index (κ1) is 18.7. The molecule has 1 amide bonds. The highest BCUT2D eigenvalue weighted by Crippen LogP contribution is 2.22. The smallest absolute Gasteiger partial charge is 0.289 e. The number of aromatic nitrogens is 2. The number of nitrogens with one attached hydrogen (secondary N) is 2. The predicted molar refractivity (Wildman–Crippen MR) is 106 cm³/mol. The maximum atomic E-state index is 12.2. The first-order valence-corrected chi connectivity index (χ1v) is 8.96. The Morgan fingerprint density at radius 2 is 2.07 bits per heavy atom. The van der Waals surface area contributed by atoms with Crippen molar-refractivity contribution >= 4 is 28.1 Å². The number of phenols is 1. The highest BCUT2D eigenvalue weighted by atomic mass is 79.9. The highest BCUT2D eigenvalue weighted by molar-refractivity contribution is 9.10. The van der Waals surface area contributed by atoms with Gasteiger partial charge in [0.25, 0.3) is 5.91 Å². The van der Waals surface area contributed by atoms with Crippen molar-refractivity contribution in [1.82, 2.24) is 15.6 Å². The van der Waals surface area contributed by atoms with E-state index in [-0.39, 0.29) is 11.4 Å². The van der Waals surface area contributed by atoms with Crippen LogP contribution >= 0.6 is 15.9 Å². The Balaban J connectivity index is 1.66. The second-order valence-corrected chi connectivity index (χ2v) is 6.44. The van der Waals surface area contributed by atoms with Gasteiger partial charge in [-0.15, -0.1) is 0 Å². The van der Waals surface area contributed by atoms with Crippen LogP contribution in [0.25, 0.3) is 11.3 Å². The lowest BCUT2D eigenvalue weighted by molar-refractivity contribution is 0.0950. The Hall–Kier alpha value is -3.13. The van der Waals surface area contributed by atoms with E-state index in [1.54, 1.807) is 18.2 Å². The van der Waals surface area contributed by atoms with Gasteiger partial charge in [0.15, 0.2) is 0 Å². The lowest BCUT2D eigenvalue weighted by atomic mass is 10.1. The summed E-state index contributed by atoms with van der Waals surface area (Å²) in [5.74, 6) is 0.404. The summed E-state index contributed by atoms with van der Waals surface area (Å²) in [6, 6.07) is 14.0. The third-order valence-electron chi connectivity index (χ3n) is 3.64. The van der Waals surface area contributed by atoms with E-state index in [1.807, 2.05) is 31.2 Å². The zero-order valence-electron chi connectivity index (χ0n) is 14.4. The molecule has 0 radical (unpaired) electrons. The number of halogens is 1. The van der Waals surface area contributed by atoms with Crippen LogP contribution in [0, 0.1) is 0 Å². The fourth-order valence-electron chi connectivity index (χ4n) is 2.32. The molecule has 0 aliphatic carbocycles. The van der Waals surface area contributed by atoms with Gasteiger partial charge in [0.2, 0.25) is 0 Å². The molecule has 0 saturated carbocycles. The van der Waals surface area contributed by atoms with Crippen molar-refractivity contribution in [2.75, 3.05) is 6.61 Å². The van der Waals surface area contributed by atoms with E-state index < -0.39 is 5.91 Å². The number of nitrogens with zero attached hydrogens (tertiary/aromatic N) is 2. The minimum absolute atomic E-state index is 0.0653. The van der Waals surface area contributed by atoms with Gasteiger partial charge in [-0.05, 0) is 55.5 Å². The van der Waals surface area contributed by atoms with E-state index in [4.69, 9.17) is 4.74 Å². The lowest BCUT2D eigenvalue weighted by Gasteiger charge is -2.02.